The van der Waals surface area contributed by atoms with Crippen molar-refractivity contribution in [2.45, 2.75) is 31.0 Å². The number of hydrogen-bond acceptors (Lipinski definition) is 3. The Hall–Kier alpha value is -1.98. The number of hydrogen-bond donors (Lipinski definition) is 2. The minimum atomic E-state index is -0.113. The maximum Gasteiger partial charge on any atom is 0.278 e. The summed E-state index contributed by atoms with van der Waals surface area (Å²) in [6.45, 7) is 3.32. The summed E-state index contributed by atoms with van der Waals surface area (Å²) in [4.78, 5) is 14.8. The molecule has 0 heterocycles. The van der Waals surface area contributed by atoms with Crippen LogP contribution in [0.4, 0.5) is 0 Å². The smallest absolute Gasteiger partial charge is 0.278 e. The first kappa shape index (κ1) is 19.3. The van der Waals surface area contributed by atoms with Crippen molar-refractivity contribution in [1.29, 1.82) is 0 Å². The van der Waals surface area contributed by atoms with E-state index in [9.17, 15) is 4.79 Å². The van der Waals surface area contributed by atoms with Crippen LogP contribution in [-0.4, -0.2) is 32.4 Å². The number of methoxy groups -OCH3 is 1. The summed E-state index contributed by atoms with van der Waals surface area (Å²) >= 11 is 1.74. The van der Waals surface area contributed by atoms with E-state index >= 15 is 0 Å². The van der Waals surface area contributed by atoms with Crippen LogP contribution in [0.2, 0.25) is 0 Å². The molecule has 0 aromatic heterocycles. The first-order valence-corrected chi connectivity index (χ1v) is 9.62. The second-order valence-corrected chi connectivity index (χ2v) is 7.04. The average Bonchev–Trinajstić information content (AvgIpc) is 2.66. The second-order valence-electron chi connectivity index (χ2n) is 6.16. The maximum absolute atomic E-state index is 12.4. The van der Waals surface area contributed by atoms with Gasteiger partial charge in [-0.05, 0) is 43.0 Å². The topological polar surface area (TPSA) is 42.8 Å². The molecular formula is C20H27N2O2S+. The fraction of sp³-hybridized carbons (Fsp3) is 0.350. The van der Waals surface area contributed by atoms with Crippen LogP contribution in [0, 0.1) is 0 Å². The molecule has 0 bridgehead atoms. The van der Waals surface area contributed by atoms with E-state index < -0.39 is 0 Å². The summed E-state index contributed by atoms with van der Waals surface area (Å²) in [5, 5.41) is 3.02. The SMILES string of the molecule is COc1ccc(CNC(=O)[C@@H](C)[NH+](C)Cc2ccc(SC)cc2)cc1. The van der Waals surface area contributed by atoms with Crippen LogP contribution in [-0.2, 0) is 17.9 Å². The molecular weight excluding hydrogens is 332 g/mol. The number of benzene rings is 2. The van der Waals surface area contributed by atoms with Gasteiger partial charge in [0.15, 0.2) is 6.04 Å². The standard InChI is InChI=1S/C20H26N2O2S/c1-15(22(2)14-17-7-11-19(25-4)12-8-17)20(23)21-13-16-5-9-18(24-3)10-6-16/h5-12,15H,13-14H2,1-4H3,(H,21,23)/p+1/t15-/m1/s1. The van der Waals surface area contributed by atoms with Crippen LogP contribution in [0.3, 0.4) is 0 Å². The molecule has 0 aliphatic carbocycles. The van der Waals surface area contributed by atoms with Gasteiger partial charge >= 0.3 is 0 Å². The number of nitrogens with one attached hydrogen (secondary N) is 2. The first-order valence-electron chi connectivity index (χ1n) is 8.39. The van der Waals surface area contributed by atoms with Crippen LogP contribution in [0.1, 0.15) is 18.1 Å². The Morgan fingerprint density at radius 3 is 2.28 bits per heavy atom. The van der Waals surface area contributed by atoms with Crippen LogP contribution >= 0.6 is 11.8 Å². The van der Waals surface area contributed by atoms with Crippen molar-refractivity contribution >= 4 is 17.7 Å². The third-order valence-electron chi connectivity index (χ3n) is 4.40. The highest BCUT2D eigenvalue weighted by Gasteiger charge is 2.21. The van der Waals surface area contributed by atoms with Crippen molar-refractivity contribution in [1.82, 2.24) is 5.32 Å². The zero-order valence-corrected chi connectivity index (χ0v) is 16.2. The third kappa shape index (κ3) is 5.80. The Bertz CT molecular complexity index is 671. The monoisotopic (exact) mass is 359 g/mol. The average molecular weight is 360 g/mol. The van der Waals surface area contributed by atoms with Gasteiger partial charge in [-0.1, -0.05) is 24.3 Å². The molecule has 1 amide bonds. The van der Waals surface area contributed by atoms with Gasteiger partial charge < -0.3 is 15.0 Å². The van der Waals surface area contributed by atoms with Gasteiger partial charge in [0.2, 0.25) is 0 Å². The number of likely N-dealkylation sites (N-methyl/N-ethyl adjacent to an activating group) is 1. The van der Waals surface area contributed by atoms with E-state index in [0.717, 1.165) is 17.9 Å². The maximum atomic E-state index is 12.4. The lowest BCUT2D eigenvalue weighted by Gasteiger charge is -2.21. The summed E-state index contributed by atoms with van der Waals surface area (Å²) in [6.07, 6.45) is 2.07. The highest BCUT2D eigenvalue weighted by molar-refractivity contribution is 7.98. The number of amides is 1. The zero-order valence-electron chi connectivity index (χ0n) is 15.3. The van der Waals surface area contributed by atoms with E-state index in [4.69, 9.17) is 4.74 Å². The quantitative estimate of drug-likeness (QED) is 0.710. The lowest BCUT2D eigenvalue weighted by molar-refractivity contribution is -0.908. The van der Waals surface area contributed by atoms with E-state index in [2.05, 4.69) is 42.9 Å². The molecule has 25 heavy (non-hydrogen) atoms. The Morgan fingerprint density at radius 2 is 1.72 bits per heavy atom. The highest BCUT2D eigenvalue weighted by Crippen LogP contribution is 2.14. The number of ether oxygens (including phenoxy) is 1. The summed E-state index contributed by atoms with van der Waals surface area (Å²) in [5.74, 6) is 0.883. The number of thioether (sulfide) groups is 1. The van der Waals surface area contributed by atoms with Gasteiger partial charge in [-0.2, -0.15) is 0 Å². The van der Waals surface area contributed by atoms with Gasteiger partial charge in [-0.25, -0.2) is 0 Å². The fourth-order valence-corrected chi connectivity index (χ4v) is 2.94. The lowest BCUT2D eigenvalue weighted by atomic mass is 10.1. The summed E-state index contributed by atoms with van der Waals surface area (Å²) in [7, 11) is 3.70. The number of quaternary nitrogens is 1. The fourth-order valence-electron chi connectivity index (χ4n) is 2.53. The van der Waals surface area contributed by atoms with Crippen molar-refractivity contribution in [3.8, 4) is 5.75 Å². The Labute approximate surface area is 154 Å². The summed E-state index contributed by atoms with van der Waals surface area (Å²) in [6, 6.07) is 16.2. The molecule has 2 aromatic carbocycles. The van der Waals surface area contributed by atoms with Crippen molar-refractivity contribution in [3.63, 3.8) is 0 Å². The van der Waals surface area contributed by atoms with Gasteiger partial charge in [0.25, 0.3) is 5.91 Å². The van der Waals surface area contributed by atoms with Gasteiger partial charge in [0, 0.05) is 17.0 Å². The van der Waals surface area contributed by atoms with Crippen LogP contribution in [0.5, 0.6) is 5.75 Å². The molecule has 0 aliphatic heterocycles. The molecule has 1 unspecified atom stereocenters. The van der Waals surface area contributed by atoms with Crippen molar-refractivity contribution < 1.29 is 14.4 Å². The van der Waals surface area contributed by atoms with Gasteiger partial charge in [-0.3, -0.25) is 4.79 Å². The molecule has 5 heteroatoms. The summed E-state index contributed by atoms with van der Waals surface area (Å²) in [5.41, 5.74) is 2.30. The van der Waals surface area contributed by atoms with Crippen LogP contribution in [0.15, 0.2) is 53.4 Å². The second kappa shape index (κ2) is 9.49. The highest BCUT2D eigenvalue weighted by atomic mass is 32.2. The molecule has 134 valence electrons. The largest absolute Gasteiger partial charge is 0.497 e. The molecule has 2 aromatic rings. The summed E-state index contributed by atoms with van der Waals surface area (Å²) < 4.78 is 5.14. The number of rotatable bonds is 8. The Balaban J connectivity index is 1.84. The Kier molecular flexibility index (Phi) is 7.34. The molecule has 4 nitrogen and oxygen atoms in total. The first-order chi connectivity index (χ1) is 12.0. The minimum Gasteiger partial charge on any atom is -0.497 e. The van der Waals surface area contributed by atoms with Gasteiger partial charge in [0.05, 0.1) is 14.2 Å². The van der Waals surface area contributed by atoms with Gasteiger partial charge in [0.1, 0.15) is 12.3 Å². The zero-order chi connectivity index (χ0) is 18.2. The number of carbonyl (C=O) groups excluding carboxylic acids is 1. The molecule has 0 saturated carbocycles. The van der Waals surface area contributed by atoms with E-state index in [1.807, 2.05) is 31.2 Å². The molecule has 0 fully saturated rings. The molecule has 2 rings (SSSR count). The minimum absolute atomic E-state index is 0.0639. The van der Waals surface area contributed by atoms with Crippen molar-refractivity contribution in [3.05, 3.63) is 59.7 Å². The predicted octanol–water partition coefficient (Wildman–Crippen LogP) is 2.14. The van der Waals surface area contributed by atoms with E-state index in [1.165, 1.54) is 15.4 Å². The van der Waals surface area contributed by atoms with Crippen LogP contribution < -0.4 is 15.0 Å². The molecule has 0 saturated heterocycles. The molecule has 0 aliphatic rings. The molecule has 0 radical (unpaired) electrons. The molecule has 2 atom stereocenters. The normalized spacial score (nSPS) is 13.1. The molecule has 2 N–H and O–H groups in total. The number of carbonyl (C=O) groups is 1. The molecule has 0 spiro atoms. The van der Waals surface area contributed by atoms with Gasteiger partial charge in [-0.15, -0.1) is 11.8 Å². The Morgan fingerprint density at radius 1 is 1.12 bits per heavy atom. The van der Waals surface area contributed by atoms with Crippen molar-refractivity contribution in [2.75, 3.05) is 20.4 Å². The predicted molar refractivity (Wildman–Crippen MR) is 103 cm³/mol. The van der Waals surface area contributed by atoms with Crippen molar-refractivity contribution in [2.24, 2.45) is 0 Å². The van der Waals surface area contributed by atoms with Crippen LogP contribution in [0.25, 0.3) is 0 Å². The lowest BCUT2D eigenvalue weighted by Crippen LogP contribution is -3.12. The van der Waals surface area contributed by atoms with E-state index in [-0.39, 0.29) is 11.9 Å². The van der Waals surface area contributed by atoms with E-state index in [1.54, 1.807) is 18.9 Å². The third-order valence-corrected chi connectivity index (χ3v) is 5.14. The van der Waals surface area contributed by atoms with E-state index in [0.29, 0.717) is 6.54 Å².